The normalized spacial score (nSPS) is 39.1. The molecule has 16 heavy (non-hydrogen) atoms. The molecule has 1 aliphatic carbocycles. The zero-order valence-electron chi connectivity index (χ0n) is 9.99. The zero-order valence-corrected chi connectivity index (χ0v) is 9.99. The predicted molar refractivity (Wildman–Crippen MR) is 62.2 cm³/mol. The summed E-state index contributed by atoms with van der Waals surface area (Å²) < 4.78 is 5.80. The summed E-state index contributed by atoms with van der Waals surface area (Å²) in [7, 11) is 0. The molecule has 2 heterocycles. The third kappa shape index (κ3) is 2.17. The van der Waals surface area contributed by atoms with E-state index in [0.717, 1.165) is 19.3 Å². The second-order valence-corrected chi connectivity index (χ2v) is 5.95. The van der Waals surface area contributed by atoms with Crippen LogP contribution in [0.25, 0.3) is 0 Å². The molecular formula is C14H22O2. The maximum Gasteiger partial charge on any atom is 0.136 e. The van der Waals surface area contributed by atoms with Crippen molar-refractivity contribution in [2.24, 2.45) is 11.8 Å². The van der Waals surface area contributed by atoms with Crippen LogP contribution in [-0.2, 0) is 9.53 Å². The van der Waals surface area contributed by atoms with Crippen molar-refractivity contribution < 1.29 is 9.53 Å². The van der Waals surface area contributed by atoms with Crippen molar-refractivity contribution in [3.05, 3.63) is 0 Å². The summed E-state index contributed by atoms with van der Waals surface area (Å²) in [6.45, 7) is 0. The van der Waals surface area contributed by atoms with E-state index in [1.54, 1.807) is 0 Å². The molecule has 2 bridgehead atoms. The highest BCUT2D eigenvalue weighted by Crippen LogP contribution is 2.38. The first-order valence-corrected chi connectivity index (χ1v) is 6.99. The van der Waals surface area contributed by atoms with E-state index in [-0.39, 0.29) is 0 Å². The van der Waals surface area contributed by atoms with Crippen LogP contribution >= 0.6 is 0 Å². The molecule has 0 radical (unpaired) electrons. The van der Waals surface area contributed by atoms with Crippen molar-refractivity contribution in [2.75, 3.05) is 0 Å². The molecule has 2 atom stereocenters. The van der Waals surface area contributed by atoms with Gasteiger partial charge in [0.05, 0.1) is 12.2 Å². The Morgan fingerprint density at radius 3 is 2.25 bits per heavy atom. The second kappa shape index (κ2) is 4.48. The first-order valence-electron chi connectivity index (χ1n) is 6.99. The molecule has 2 aliphatic heterocycles. The quantitative estimate of drug-likeness (QED) is 0.733. The smallest absolute Gasteiger partial charge is 0.136 e. The lowest BCUT2D eigenvalue weighted by Gasteiger charge is -2.28. The molecule has 3 aliphatic rings. The monoisotopic (exact) mass is 222 g/mol. The molecule has 0 aromatic heterocycles. The molecule has 3 fully saturated rings. The number of carbonyl (C=O) groups excluding carboxylic acids is 1. The zero-order chi connectivity index (χ0) is 11.0. The lowest BCUT2D eigenvalue weighted by atomic mass is 9.86. The highest BCUT2D eigenvalue weighted by Gasteiger charge is 2.38. The Balaban J connectivity index is 1.54. The molecular weight excluding hydrogens is 200 g/mol. The van der Waals surface area contributed by atoms with Crippen molar-refractivity contribution >= 4 is 5.78 Å². The standard InChI is InChI=1S/C14H22O2/c15-14(7-10-3-1-2-4-10)11-8-12-5-6-13(9-11)16-12/h10-13H,1-9H2. The predicted octanol–water partition coefficient (Wildman–Crippen LogP) is 3.09. The maximum atomic E-state index is 12.2. The van der Waals surface area contributed by atoms with Crippen LogP contribution in [0.5, 0.6) is 0 Å². The van der Waals surface area contributed by atoms with Gasteiger partial charge in [-0.1, -0.05) is 25.7 Å². The van der Waals surface area contributed by atoms with E-state index in [2.05, 4.69) is 0 Å². The molecule has 1 saturated carbocycles. The Kier molecular flexibility index (Phi) is 3.01. The van der Waals surface area contributed by atoms with E-state index in [1.807, 2.05) is 0 Å². The van der Waals surface area contributed by atoms with E-state index in [1.165, 1.54) is 38.5 Å². The lowest BCUT2D eigenvalue weighted by molar-refractivity contribution is -0.129. The van der Waals surface area contributed by atoms with Crippen LogP contribution in [0, 0.1) is 11.8 Å². The number of Topliss-reactive ketones (excluding diaryl/α,β-unsaturated/α-hetero) is 1. The maximum absolute atomic E-state index is 12.2. The Morgan fingerprint density at radius 1 is 1.00 bits per heavy atom. The van der Waals surface area contributed by atoms with Gasteiger partial charge in [-0.25, -0.2) is 0 Å². The summed E-state index contributed by atoms with van der Waals surface area (Å²) in [5.41, 5.74) is 0. The van der Waals surface area contributed by atoms with Gasteiger partial charge < -0.3 is 4.74 Å². The highest BCUT2D eigenvalue weighted by atomic mass is 16.5. The number of hydrogen-bond acceptors (Lipinski definition) is 2. The lowest BCUT2D eigenvalue weighted by Crippen LogP contribution is -2.30. The van der Waals surface area contributed by atoms with Crippen molar-refractivity contribution in [2.45, 2.75) is 70.0 Å². The molecule has 2 heteroatoms. The van der Waals surface area contributed by atoms with E-state index in [4.69, 9.17) is 4.74 Å². The number of rotatable bonds is 3. The van der Waals surface area contributed by atoms with Gasteiger partial charge >= 0.3 is 0 Å². The minimum Gasteiger partial charge on any atom is -0.375 e. The van der Waals surface area contributed by atoms with E-state index < -0.39 is 0 Å². The highest BCUT2D eigenvalue weighted by molar-refractivity contribution is 5.81. The number of fused-ring (bicyclic) bond motifs is 2. The van der Waals surface area contributed by atoms with Crippen LogP contribution in [0.1, 0.15) is 57.8 Å². The average Bonchev–Trinajstić information content (AvgIpc) is 2.89. The number of carbonyl (C=O) groups is 1. The van der Waals surface area contributed by atoms with Crippen molar-refractivity contribution in [1.29, 1.82) is 0 Å². The molecule has 2 unspecified atom stereocenters. The molecule has 0 spiro atoms. The third-order valence-corrected chi connectivity index (χ3v) is 4.71. The molecule has 0 aromatic carbocycles. The van der Waals surface area contributed by atoms with E-state index >= 15 is 0 Å². The fourth-order valence-corrected chi connectivity index (χ4v) is 3.79. The SMILES string of the molecule is O=C(CC1CCCC1)C1CC2CCC(C1)O2. The average molecular weight is 222 g/mol. The first kappa shape index (κ1) is 10.8. The largest absolute Gasteiger partial charge is 0.375 e. The van der Waals surface area contributed by atoms with Gasteiger partial charge in [-0.2, -0.15) is 0 Å². The topological polar surface area (TPSA) is 26.3 Å². The molecule has 0 aromatic rings. The number of ketones is 1. The Hall–Kier alpha value is -0.370. The van der Waals surface area contributed by atoms with Crippen molar-refractivity contribution in [1.82, 2.24) is 0 Å². The summed E-state index contributed by atoms with van der Waals surface area (Å²) >= 11 is 0. The summed E-state index contributed by atoms with van der Waals surface area (Å²) in [5, 5.41) is 0. The van der Waals surface area contributed by atoms with Gasteiger partial charge in [-0.3, -0.25) is 4.79 Å². The molecule has 3 rings (SSSR count). The molecule has 2 saturated heterocycles. The fraction of sp³-hybridized carbons (Fsp3) is 0.929. The number of ether oxygens (including phenoxy) is 1. The van der Waals surface area contributed by atoms with Crippen LogP contribution < -0.4 is 0 Å². The fourth-order valence-electron chi connectivity index (χ4n) is 3.79. The van der Waals surface area contributed by atoms with Gasteiger partial charge in [0, 0.05) is 12.3 Å². The first-order chi connectivity index (χ1) is 7.81. The van der Waals surface area contributed by atoms with E-state index in [9.17, 15) is 4.79 Å². The van der Waals surface area contributed by atoms with Crippen molar-refractivity contribution in [3.63, 3.8) is 0 Å². The summed E-state index contributed by atoms with van der Waals surface area (Å²) in [6, 6.07) is 0. The van der Waals surface area contributed by atoms with Crippen molar-refractivity contribution in [3.8, 4) is 0 Å². The molecule has 0 amide bonds. The molecule has 2 nitrogen and oxygen atoms in total. The van der Waals surface area contributed by atoms with Crippen LogP contribution in [0.3, 0.4) is 0 Å². The minimum absolute atomic E-state index is 0.340. The van der Waals surface area contributed by atoms with Gasteiger partial charge in [-0.15, -0.1) is 0 Å². The summed E-state index contributed by atoms with van der Waals surface area (Å²) in [5.74, 6) is 1.60. The van der Waals surface area contributed by atoms with E-state index in [0.29, 0.717) is 29.8 Å². The van der Waals surface area contributed by atoms with Crippen LogP contribution in [0.2, 0.25) is 0 Å². The van der Waals surface area contributed by atoms with Gasteiger partial charge in [-0.05, 0) is 31.6 Å². The van der Waals surface area contributed by atoms with Crippen LogP contribution in [0.15, 0.2) is 0 Å². The van der Waals surface area contributed by atoms with Gasteiger partial charge in [0.2, 0.25) is 0 Å². The minimum atomic E-state index is 0.340. The van der Waals surface area contributed by atoms with Crippen LogP contribution in [-0.4, -0.2) is 18.0 Å². The summed E-state index contributed by atoms with van der Waals surface area (Å²) in [6.07, 6.45) is 11.4. The van der Waals surface area contributed by atoms with Crippen LogP contribution in [0.4, 0.5) is 0 Å². The number of hydrogen-bond donors (Lipinski definition) is 0. The van der Waals surface area contributed by atoms with Gasteiger partial charge in [0.25, 0.3) is 0 Å². The Morgan fingerprint density at radius 2 is 1.62 bits per heavy atom. The van der Waals surface area contributed by atoms with Gasteiger partial charge in [0.15, 0.2) is 0 Å². The molecule has 0 N–H and O–H groups in total. The summed E-state index contributed by atoms with van der Waals surface area (Å²) in [4.78, 5) is 12.2. The second-order valence-electron chi connectivity index (χ2n) is 5.95. The third-order valence-electron chi connectivity index (χ3n) is 4.71. The Bertz CT molecular complexity index is 256. The van der Waals surface area contributed by atoms with Gasteiger partial charge in [0.1, 0.15) is 5.78 Å². The molecule has 90 valence electrons. The Labute approximate surface area is 97.7 Å².